The molecule has 0 spiro atoms. The molecule has 0 bridgehead atoms. The van der Waals surface area contributed by atoms with E-state index >= 15 is 0 Å². The Labute approximate surface area is 130 Å². The van der Waals surface area contributed by atoms with Gasteiger partial charge in [0.05, 0.1) is 0 Å². The number of halogens is 2. The number of aromatic nitrogens is 1. The number of alkyl halides is 2. The molecule has 0 saturated carbocycles. The van der Waals surface area contributed by atoms with Gasteiger partial charge in [0.15, 0.2) is 0 Å². The number of unbranched alkanes of at least 4 members (excludes halogenated alkanes) is 2. The van der Waals surface area contributed by atoms with Crippen molar-refractivity contribution in [1.82, 2.24) is 4.98 Å². The Kier molecular flexibility index (Phi) is 8.56. The fourth-order valence-electron chi connectivity index (χ4n) is 2.90. The first-order chi connectivity index (χ1) is 9.59. The Balaban J connectivity index is 3.02. The van der Waals surface area contributed by atoms with E-state index in [2.05, 4.69) is 25.8 Å². The third-order valence-electron chi connectivity index (χ3n) is 4.00. The third-order valence-corrected chi connectivity index (χ3v) is 20.9. The number of nitrogens with zero attached hydrogens (tertiary/aromatic N) is 1. The summed E-state index contributed by atoms with van der Waals surface area (Å²) < 4.78 is 30.6. The van der Waals surface area contributed by atoms with Gasteiger partial charge in [-0.3, -0.25) is 0 Å². The first kappa shape index (κ1) is 18.3. The summed E-state index contributed by atoms with van der Waals surface area (Å²) in [7, 11) is 0. The molecule has 0 aliphatic rings. The van der Waals surface area contributed by atoms with Crippen LogP contribution in [0.15, 0.2) is 5.38 Å². The molecule has 5 heteroatoms. The van der Waals surface area contributed by atoms with E-state index in [1.54, 1.807) is 0 Å². The Hall–Kier alpha value is 0.289. The van der Waals surface area contributed by atoms with Crippen molar-refractivity contribution in [3.63, 3.8) is 0 Å². The molecule has 1 heterocycles. The first-order valence-corrected chi connectivity index (χ1v) is 16.2. The molecule has 0 radical (unpaired) electrons. The van der Waals surface area contributed by atoms with Gasteiger partial charge in [-0.25, -0.2) is 0 Å². The number of thiazole rings is 1. The van der Waals surface area contributed by atoms with Crippen molar-refractivity contribution in [1.29, 1.82) is 0 Å². The van der Waals surface area contributed by atoms with Crippen LogP contribution in [0.25, 0.3) is 0 Å². The Morgan fingerprint density at radius 1 is 1.05 bits per heavy atom. The molecular formula is C15H27F2NSSn. The average Bonchev–Trinajstić information content (AvgIpc) is 2.92. The van der Waals surface area contributed by atoms with Crippen LogP contribution < -0.4 is 3.71 Å². The van der Waals surface area contributed by atoms with Crippen molar-refractivity contribution in [2.75, 3.05) is 0 Å². The third kappa shape index (κ3) is 4.93. The number of rotatable bonds is 10. The normalized spacial score (nSPS) is 12.3. The molecule has 1 aromatic rings. The van der Waals surface area contributed by atoms with Crippen LogP contribution in [0.3, 0.4) is 0 Å². The van der Waals surface area contributed by atoms with Crippen LogP contribution in [0.1, 0.15) is 64.3 Å². The second kappa shape index (κ2) is 9.34. The van der Waals surface area contributed by atoms with Gasteiger partial charge >= 0.3 is 130 Å². The minimum atomic E-state index is -2.54. The molecule has 0 unspecified atom stereocenters. The molecule has 0 N–H and O–H groups in total. The second-order valence-electron chi connectivity index (χ2n) is 5.61. The van der Waals surface area contributed by atoms with Crippen molar-refractivity contribution in [2.45, 2.75) is 72.6 Å². The minimum absolute atomic E-state index is 0.0326. The van der Waals surface area contributed by atoms with Crippen LogP contribution in [0, 0.1) is 0 Å². The molecule has 1 rings (SSSR count). The maximum absolute atomic E-state index is 12.8. The number of hydrogen-bond donors (Lipinski definition) is 0. The molecule has 0 aliphatic heterocycles. The summed E-state index contributed by atoms with van der Waals surface area (Å²) in [6.07, 6.45) is 3.63. The fraction of sp³-hybridized carbons (Fsp3) is 0.800. The van der Waals surface area contributed by atoms with Gasteiger partial charge in [0, 0.05) is 0 Å². The summed E-state index contributed by atoms with van der Waals surface area (Å²) in [5.74, 6) is 0. The van der Waals surface area contributed by atoms with Crippen LogP contribution in [0.5, 0.6) is 0 Å². The Morgan fingerprint density at radius 3 is 2.05 bits per heavy atom. The molecule has 0 aromatic carbocycles. The predicted octanol–water partition coefficient (Wildman–Crippen LogP) is 5.75. The summed E-state index contributed by atoms with van der Waals surface area (Å²) in [5.41, 5.74) is 0. The molecule has 0 atom stereocenters. The van der Waals surface area contributed by atoms with E-state index in [-0.39, 0.29) is 5.01 Å². The quantitative estimate of drug-likeness (QED) is 0.448. The molecule has 116 valence electrons. The van der Waals surface area contributed by atoms with Crippen molar-refractivity contribution in [2.24, 2.45) is 0 Å². The van der Waals surface area contributed by atoms with E-state index < -0.39 is 24.8 Å². The predicted molar refractivity (Wildman–Crippen MR) is 87.0 cm³/mol. The topological polar surface area (TPSA) is 12.9 Å². The first-order valence-electron chi connectivity index (χ1n) is 7.83. The van der Waals surface area contributed by atoms with E-state index in [1.165, 1.54) is 56.8 Å². The molecule has 1 aromatic heterocycles. The molecule has 1 nitrogen and oxygen atoms in total. The summed E-state index contributed by atoms with van der Waals surface area (Å²) in [4.78, 5) is 4.37. The molecule has 0 aliphatic carbocycles. The van der Waals surface area contributed by atoms with Crippen molar-refractivity contribution in [3.05, 3.63) is 10.4 Å². The second-order valence-corrected chi connectivity index (χ2v) is 19.6. The van der Waals surface area contributed by atoms with Crippen LogP contribution in [-0.4, -0.2) is 23.4 Å². The SMILES string of the molecule is CCC[CH2][Sn]([CH2]CC)([CH2]CCC)[c]1csc(C(F)F)n1. The standard InChI is InChI=1S/C4H2F2NS.2C4H9.C3H7.Sn/c5-3(6)4-7-1-2-8-4;2*1-3-4-2;1-3-2;/h2-3H;2*1,3-4H2,2H3;1,3H2,2H3;. The molecular weight excluding hydrogens is 383 g/mol. The van der Waals surface area contributed by atoms with E-state index in [4.69, 9.17) is 0 Å². The van der Waals surface area contributed by atoms with Gasteiger partial charge < -0.3 is 0 Å². The van der Waals surface area contributed by atoms with Crippen molar-refractivity contribution < 1.29 is 8.78 Å². The van der Waals surface area contributed by atoms with Gasteiger partial charge in [0.2, 0.25) is 0 Å². The monoisotopic (exact) mass is 411 g/mol. The van der Waals surface area contributed by atoms with E-state index in [9.17, 15) is 8.78 Å². The van der Waals surface area contributed by atoms with Gasteiger partial charge in [0.1, 0.15) is 0 Å². The van der Waals surface area contributed by atoms with E-state index in [1.807, 2.05) is 5.38 Å². The summed E-state index contributed by atoms with van der Waals surface area (Å²) in [6, 6.07) is 0. The van der Waals surface area contributed by atoms with Gasteiger partial charge in [-0.05, 0) is 0 Å². The van der Waals surface area contributed by atoms with Crippen LogP contribution in [-0.2, 0) is 0 Å². The summed E-state index contributed by atoms with van der Waals surface area (Å²) >= 11 is -1.37. The Morgan fingerprint density at radius 2 is 1.65 bits per heavy atom. The maximum atomic E-state index is 12.8. The molecule has 0 fully saturated rings. The Bertz CT molecular complexity index is 374. The van der Waals surface area contributed by atoms with Crippen LogP contribution in [0.2, 0.25) is 13.3 Å². The average molecular weight is 410 g/mol. The fourth-order valence-corrected chi connectivity index (χ4v) is 20.5. The summed E-state index contributed by atoms with van der Waals surface area (Å²) in [5, 5.41) is 2.00. The van der Waals surface area contributed by atoms with Crippen LogP contribution in [0.4, 0.5) is 8.78 Å². The summed E-state index contributed by atoms with van der Waals surface area (Å²) in [6.45, 7) is 6.66. The van der Waals surface area contributed by atoms with E-state index in [0.717, 1.165) is 3.71 Å². The van der Waals surface area contributed by atoms with Gasteiger partial charge in [0.25, 0.3) is 0 Å². The van der Waals surface area contributed by atoms with E-state index in [0.29, 0.717) is 0 Å². The van der Waals surface area contributed by atoms with Crippen molar-refractivity contribution >= 4 is 33.4 Å². The molecule has 0 saturated heterocycles. The van der Waals surface area contributed by atoms with Crippen LogP contribution >= 0.6 is 11.3 Å². The zero-order valence-corrected chi connectivity index (χ0v) is 16.6. The van der Waals surface area contributed by atoms with Gasteiger partial charge in [-0.15, -0.1) is 0 Å². The number of hydrogen-bond acceptors (Lipinski definition) is 2. The van der Waals surface area contributed by atoms with Gasteiger partial charge in [-0.2, -0.15) is 0 Å². The zero-order chi connectivity index (χ0) is 15.0. The van der Waals surface area contributed by atoms with Gasteiger partial charge in [-0.1, -0.05) is 0 Å². The molecule has 20 heavy (non-hydrogen) atoms. The zero-order valence-electron chi connectivity index (χ0n) is 12.9. The molecule has 0 amide bonds. The van der Waals surface area contributed by atoms with Crippen molar-refractivity contribution in [3.8, 4) is 0 Å².